The second-order valence-electron chi connectivity index (χ2n) is 11.2. The van der Waals surface area contributed by atoms with Gasteiger partial charge in [-0.25, -0.2) is 8.78 Å². The zero-order valence-electron chi connectivity index (χ0n) is 22.3. The molecule has 3 unspecified atom stereocenters. The maximum Gasteiger partial charge on any atom is 0.270 e. The number of aromatic nitrogens is 1. The van der Waals surface area contributed by atoms with Crippen molar-refractivity contribution in [2.24, 2.45) is 11.3 Å². The van der Waals surface area contributed by atoms with Crippen molar-refractivity contribution in [1.29, 1.82) is 5.26 Å². The molecular weight excluding hydrogens is 504 g/mol. The van der Waals surface area contributed by atoms with Crippen LogP contribution < -0.4 is 5.32 Å². The zero-order chi connectivity index (χ0) is 28.5. The number of H-pyrrole nitrogens is 1. The van der Waals surface area contributed by atoms with Crippen LogP contribution in [0.15, 0.2) is 48.5 Å². The van der Waals surface area contributed by atoms with Crippen LogP contribution in [0.1, 0.15) is 44.1 Å². The summed E-state index contributed by atoms with van der Waals surface area (Å²) >= 11 is 0. The Balaban J connectivity index is 1.58. The molecule has 2 N–H and O–H groups in total. The molecule has 10 heteroatoms. The van der Waals surface area contributed by atoms with Gasteiger partial charge in [-0.3, -0.25) is 14.4 Å². The summed E-state index contributed by atoms with van der Waals surface area (Å²) in [6.07, 6.45) is 0.445. The maximum atomic E-state index is 14.3. The van der Waals surface area contributed by atoms with Crippen molar-refractivity contribution in [2.75, 3.05) is 18.9 Å². The van der Waals surface area contributed by atoms with E-state index < -0.39 is 41.5 Å². The molecule has 0 bridgehead atoms. The van der Waals surface area contributed by atoms with Gasteiger partial charge < -0.3 is 20.1 Å². The summed E-state index contributed by atoms with van der Waals surface area (Å²) in [5.41, 5.74) is 0.365. The van der Waals surface area contributed by atoms with Crippen LogP contribution in [0.3, 0.4) is 0 Å². The van der Waals surface area contributed by atoms with Gasteiger partial charge in [0.1, 0.15) is 29.4 Å². The Bertz CT molecular complexity index is 1440. The van der Waals surface area contributed by atoms with Gasteiger partial charge in [0, 0.05) is 30.7 Å². The molecule has 8 nitrogen and oxygen atoms in total. The number of fused-ring (bicyclic) bond motifs is 1. The summed E-state index contributed by atoms with van der Waals surface area (Å²) in [4.78, 5) is 45.7. The quantitative estimate of drug-likeness (QED) is 0.477. The molecule has 4 rings (SSSR count). The highest BCUT2D eigenvalue weighted by atomic mass is 19.1. The van der Waals surface area contributed by atoms with Crippen LogP contribution in [0, 0.1) is 34.3 Å². The van der Waals surface area contributed by atoms with Gasteiger partial charge in [-0.2, -0.15) is 5.26 Å². The Morgan fingerprint density at radius 2 is 1.87 bits per heavy atom. The second kappa shape index (κ2) is 10.8. The Hall–Kier alpha value is -4.26. The minimum Gasteiger partial charge on any atom is -0.350 e. The van der Waals surface area contributed by atoms with E-state index in [0.29, 0.717) is 5.69 Å². The van der Waals surface area contributed by atoms with Gasteiger partial charge in [-0.1, -0.05) is 39.0 Å². The molecule has 3 atom stereocenters. The minimum atomic E-state index is -0.961. The van der Waals surface area contributed by atoms with E-state index in [1.54, 1.807) is 24.3 Å². The van der Waals surface area contributed by atoms with Crippen molar-refractivity contribution in [3.8, 4) is 6.07 Å². The monoisotopic (exact) mass is 535 g/mol. The highest BCUT2D eigenvalue weighted by molar-refractivity contribution is 6.00. The summed E-state index contributed by atoms with van der Waals surface area (Å²) in [5, 5.41) is 12.7. The lowest BCUT2D eigenvalue weighted by Gasteiger charge is -2.35. The molecule has 1 aliphatic heterocycles. The van der Waals surface area contributed by atoms with Crippen LogP contribution in [0.5, 0.6) is 0 Å². The average molecular weight is 536 g/mol. The Kier molecular flexibility index (Phi) is 7.72. The molecule has 3 aromatic rings. The van der Waals surface area contributed by atoms with E-state index in [1.807, 2.05) is 26.8 Å². The standard InChI is InChI=1S/C29H31F2N5O3/c1-29(2,3)14-25(35(4)27(38)24-13-21-22(31)11-18(30)12-23(21)34-24)28(39)36-16-17(10-20(36)15-32)26(37)33-19-8-6-5-7-9-19/h5-9,11-13,17,20,25,34H,10,14,16H2,1-4H3,(H,33,37). The number of halogens is 2. The topological polar surface area (TPSA) is 109 Å². The average Bonchev–Trinajstić information content (AvgIpc) is 3.51. The fraction of sp³-hybridized carbons (Fsp3) is 0.379. The number of nitrogens with zero attached hydrogens (tertiary/aromatic N) is 3. The molecule has 204 valence electrons. The molecule has 1 aromatic heterocycles. The number of likely N-dealkylation sites (tertiary alicyclic amines) is 1. The fourth-order valence-electron chi connectivity index (χ4n) is 4.93. The van der Waals surface area contributed by atoms with Crippen molar-refractivity contribution < 1.29 is 23.2 Å². The first-order valence-corrected chi connectivity index (χ1v) is 12.7. The highest BCUT2D eigenvalue weighted by Gasteiger charge is 2.43. The first-order chi connectivity index (χ1) is 18.4. The summed E-state index contributed by atoms with van der Waals surface area (Å²) in [5.74, 6) is -3.51. The molecule has 3 amide bonds. The number of nitriles is 1. The number of nitrogens with one attached hydrogen (secondary N) is 2. The van der Waals surface area contributed by atoms with Crippen LogP contribution >= 0.6 is 0 Å². The largest absolute Gasteiger partial charge is 0.350 e. The molecule has 0 aliphatic carbocycles. The molecule has 2 aromatic carbocycles. The number of rotatable bonds is 6. The fourth-order valence-corrected chi connectivity index (χ4v) is 4.93. The summed E-state index contributed by atoms with van der Waals surface area (Å²) in [7, 11) is 1.47. The molecule has 1 aliphatic rings. The van der Waals surface area contributed by atoms with Crippen LogP contribution in [-0.2, 0) is 9.59 Å². The highest BCUT2D eigenvalue weighted by Crippen LogP contribution is 2.31. The van der Waals surface area contributed by atoms with E-state index in [0.717, 1.165) is 12.1 Å². The third-order valence-electron chi connectivity index (χ3n) is 6.91. The number of hydrogen-bond donors (Lipinski definition) is 2. The zero-order valence-corrected chi connectivity index (χ0v) is 22.3. The molecule has 0 saturated carbocycles. The van der Waals surface area contributed by atoms with Crippen molar-refractivity contribution in [3.63, 3.8) is 0 Å². The van der Waals surface area contributed by atoms with Gasteiger partial charge in [0.05, 0.1) is 17.5 Å². The summed E-state index contributed by atoms with van der Waals surface area (Å²) in [6, 6.07) is 12.4. The second-order valence-corrected chi connectivity index (χ2v) is 11.2. The lowest BCUT2D eigenvalue weighted by atomic mass is 9.87. The number of benzene rings is 2. The number of hydrogen-bond acceptors (Lipinski definition) is 4. The van der Waals surface area contributed by atoms with Gasteiger partial charge in [0.15, 0.2) is 0 Å². The van der Waals surface area contributed by atoms with Gasteiger partial charge >= 0.3 is 0 Å². The Morgan fingerprint density at radius 3 is 2.51 bits per heavy atom. The van der Waals surface area contributed by atoms with Gasteiger partial charge in [-0.15, -0.1) is 0 Å². The van der Waals surface area contributed by atoms with E-state index in [1.165, 1.54) is 22.9 Å². The first kappa shape index (κ1) is 27.8. The SMILES string of the molecule is CN(C(=O)c1cc2c(F)cc(F)cc2[nH]1)C(CC(C)(C)C)C(=O)N1CC(C(=O)Nc2ccccc2)CC1C#N. The number of anilines is 1. The number of likely N-dealkylation sites (N-methyl/N-ethyl adjacent to an activating group) is 1. The lowest BCUT2D eigenvalue weighted by Crippen LogP contribution is -2.52. The van der Waals surface area contributed by atoms with Crippen LogP contribution in [0.4, 0.5) is 14.5 Å². The molecule has 2 heterocycles. The predicted molar refractivity (Wildman–Crippen MR) is 142 cm³/mol. The van der Waals surface area contributed by atoms with Crippen molar-refractivity contribution in [2.45, 2.75) is 45.7 Å². The van der Waals surface area contributed by atoms with E-state index in [-0.39, 0.29) is 47.3 Å². The minimum absolute atomic E-state index is 0.00193. The predicted octanol–water partition coefficient (Wildman–Crippen LogP) is 4.70. The molecule has 1 saturated heterocycles. The van der Waals surface area contributed by atoms with E-state index in [4.69, 9.17) is 0 Å². The van der Waals surface area contributed by atoms with Crippen molar-refractivity contribution in [3.05, 3.63) is 65.9 Å². The molecule has 0 radical (unpaired) electrons. The molecule has 0 spiro atoms. The van der Waals surface area contributed by atoms with Gasteiger partial charge in [0.25, 0.3) is 5.91 Å². The Labute approximate surface area is 225 Å². The first-order valence-electron chi connectivity index (χ1n) is 12.7. The van der Waals surface area contributed by atoms with Crippen LogP contribution in [0.25, 0.3) is 10.9 Å². The van der Waals surface area contributed by atoms with Gasteiger partial charge in [-0.05, 0) is 42.5 Å². The van der Waals surface area contributed by atoms with Crippen molar-refractivity contribution in [1.82, 2.24) is 14.8 Å². The summed E-state index contributed by atoms with van der Waals surface area (Å²) < 4.78 is 27.9. The van der Waals surface area contributed by atoms with E-state index in [9.17, 15) is 28.4 Å². The van der Waals surface area contributed by atoms with Crippen molar-refractivity contribution >= 4 is 34.3 Å². The summed E-state index contributed by atoms with van der Waals surface area (Å²) in [6.45, 7) is 5.81. The molecule has 39 heavy (non-hydrogen) atoms. The third-order valence-corrected chi connectivity index (χ3v) is 6.91. The lowest BCUT2D eigenvalue weighted by molar-refractivity contribution is -0.137. The molecule has 1 fully saturated rings. The van der Waals surface area contributed by atoms with Gasteiger partial charge in [0.2, 0.25) is 11.8 Å². The number of carbonyl (C=O) groups is 3. The van der Waals surface area contributed by atoms with E-state index in [2.05, 4.69) is 16.4 Å². The Morgan fingerprint density at radius 1 is 1.18 bits per heavy atom. The van der Waals surface area contributed by atoms with Crippen LogP contribution in [0.2, 0.25) is 0 Å². The normalized spacial score (nSPS) is 18.0. The number of para-hydroxylation sites is 1. The molecular formula is C29H31F2N5O3. The smallest absolute Gasteiger partial charge is 0.270 e. The van der Waals surface area contributed by atoms with Crippen LogP contribution in [-0.4, -0.2) is 58.2 Å². The third kappa shape index (κ3) is 6.08. The number of carbonyl (C=O) groups excluding carboxylic acids is 3. The number of amides is 3. The maximum absolute atomic E-state index is 14.3. The number of aromatic amines is 1. The van der Waals surface area contributed by atoms with E-state index >= 15 is 0 Å².